The molecule has 1 aromatic rings. The molecule has 0 bridgehead atoms. The fourth-order valence-corrected chi connectivity index (χ4v) is 1.17. The molecule has 86 valence electrons. The first-order chi connectivity index (χ1) is 6.51. The maximum Gasteiger partial charge on any atom is 0.133 e. The maximum atomic E-state index is 13.4. The molecule has 0 aliphatic heterocycles. The first-order valence-corrected chi connectivity index (χ1v) is 4.27. The third kappa shape index (κ3) is 3.06. The van der Waals surface area contributed by atoms with Crippen molar-refractivity contribution in [2.75, 3.05) is 13.7 Å². The van der Waals surface area contributed by atoms with Crippen molar-refractivity contribution in [1.29, 1.82) is 0 Å². The minimum Gasteiger partial charge on any atom is -0.497 e. The zero-order valence-corrected chi connectivity index (χ0v) is 9.47. The second kappa shape index (κ2) is 5.30. The number of benzene rings is 1. The molecule has 3 N–H and O–H groups in total. The zero-order chi connectivity index (χ0) is 10.8. The predicted octanol–water partition coefficient (Wildman–Crippen LogP) is 1.42. The van der Waals surface area contributed by atoms with Crippen molar-refractivity contribution in [3.8, 4) is 5.75 Å². The Morgan fingerprint density at radius 1 is 1.53 bits per heavy atom. The Morgan fingerprint density at radius 3 is 2.53 bits per heavy atom. The summed E-state index contributed by atoms with van der Waals surface area (Å²) in [7, 11) is 1.45. The molecule has 1 rings (SSSR count). The molecular formula is C10H15ClFNO2. The lowest BCUT2D eigenvalue weighted by Crippen LogP contribution is -2.32. The summed E-state index contributed by atoms with van der Waals surface area (Å²) in [5, 5.41) is 9.73. The summed E-state index contributed by atoms with van der Waals surface area (Å²) in [6.07, 6.45) is 0. The standard InChI is InChI=1S/C10H14FNO2.ClH/c1-10(13,6-12)8-4-3-7(14-2)5-9(8)11;/h3-5,13H,6,12H2,1-2H3;1H. The highest BCUT2D eigenvalue weighted by Gasteiger charge is 2.24. The van der Waals surface area contributed by atoms with Crippen molar-refractivity contribution < 1.29 is 14.2 Å². The minimum absolute atomic E-state index is 0. The van der Waals surface area contributed by atoms with Crippen LogP contribution >= 0.6 is 12.4 Å². The lowest BCUT2D eigenvalue weighted by Gasteiger charge is -2.22. The molecule has 0 radical (unpaired) electrons. The summed E-state index contributed by atoms with van der Waals surface area (Å²) in [5.41, 5.74) is 4.17. The van der Waals surface area contributed by atoms with Gasteiger partial charge in [0.1, 0.15) is 17.2 Å². The number of ether oxygens (including phenoxy) is 1. The molecule has 1 aromatic carbocycles. The van der Waals surface area contributed by atoms with Gasteiger partial charge in [0.25, 0.3) is 0 Å². The van der Waals surface area contributed by atoms with Gasteiger partial charge < -0.3 is 15.6 Å². The summed E-state index contributed by atoms with van der Waals surface area (Å²) in [6, 6.07) is 4.28. The Bertz CT molecular complexity index is 331. The molecule has 0 aliphatic rings. The summed E-state index contributed by atoms with van der Waals surface area (Å²) in [4.78, 5) is 0. The van der Waals surface area contributed by atoms with Crippen LogP contribution in [-0.2, 0) is 5.60 Å². The van der Waals surface area contributed by atoms with Crippen molar-refractivity contribution in [3.05, 3.63) is 29.6 Å². The highest BCUT2D eigenvalue weighted by molar-refractivity contribution is 5.85. The monoisotopic (exact) mass is 235 g/mol. The summed E-state index contributed by atoms with van der Waals surface area (Å²) in [5.74, 6) is -0.0983. The normalized spacial score (nSPS) is 13.9. The van der Waals surface area contributed by atoms with E-state index in [4.69, 9.17) is 10.5 Å². The Kier molecular flexibility index (Phi) is 5.00. The number of methoxy groups -OCH3 is 1. The van der Waals surface area contributed by atoms with Crippen LogP contribution in [0.25, 0.3) is 0 Å². The first-order valence-electron chi connectivity index (χ1n) is 4.27. The van der Waals surface area contributed by atoms with Crippen molar-refractivity contribution in [1.82, 2.24) is 0 Å². The lowest BCUT2D eigenvalue weighted by atomic mass is 9.95. The first kappa shape index (κ1) is 14.2. The van der Waals surface area contributed by atoms with Crippen LogP contribution in [0.2, 0.25) is 0 Å². The Balaban J connectivity index is 0.00000196. The van der Waals surface area contributed by atoms with Crippen LogP contribution in [0.1, 0.15) is 12.5 Å². The van der Waals surface area contributed by atoms with Gasteiger partial charge in [-0.1, -0.05) is 0 Å². The average Bonchev–Trinajstić information content (AvgIpc) is 2.17. The molecule has 0 spiro atoms. The molecule has 0 amide bonds. The molecule has 1 unspecified atom stereocenters. The Labute approximate surface area is 94.5 Å². The summed E-state index contributed by atoms with van der Waals surface area (Å²) in [6.45, 7) is 1.44. The van der Waals surface area contributed by atoms with E-state index in [-0.39, 0.29) is 24.5 Å². The zero-order valence-electron chi connectivity index (χ0n) is 8.66. The average molecular weight is 236 g/mol. The van der Waals surface area contributed by atoms with E-state index in [0.29, 0.717) is 5.75 Å². The summed E-state index contributed by atoms with van der Waals surface area (Å²) >= 11 is 0. The molecular weight excluding hydrogens is 221 g/mol. The quantitative estimate of drug-likeness (QED) is 0.833. The number of hydrogen-bond donors (Lipinski definition) is 2. The number of rotatable bonds is 3. The van der Waals surface area contributed by atoms with Crippen LogP contribution in [0.3, 0.4) is 0 Å². The smallest absolute Gasteiger partial charge is 0.133 e. The molecule has 0 aromatic heterocycles. The van der Waals surface area contributed by atoms with Gasteiger partial charge in [-0.15, -0.1) is 12.4 Å². The van der Waals surface area contributed by atoms with Crippen LogP contribution in [0.4, 0.5) is 4.39 Å². The van der Waals surface area contributed by atoms with Crippen molar-refractivity contribution in [2.45, 2.75) is 12.5 Å². The van der Waals surface area contributed by atoms with Crippen LogP contribution in [0.5, 0.6) is 5.75 Å². The van der Waals surface area contributed by atoms with E-state index in [0.717, 1.165) is 0 Å². The van der Waals surface area contributed by atoms with Crippen molar-refractivity contribution in [2.24, 2.45) is 5.73 Å². The number of nitrogens with two attached hydrogens (primary N) is 1. The predicted molar refractivity (Wildman–Crippen MR) is 58.8 cm³/mol. The highest BCUT2D eigenvalue weighted by Crippen LogP contribution is 2.25. The van der Waals surface area contributed by atoms with Gasteiger partial charge in [-0.25, -0.2) is 4.39 Å². The minimum atomic E-state index is -1.34. The van der Waals surface area contributed by atoms with Gasteiger partial charge in [0.15, 0.2) is 0 Å². The van der Waals surface area contributed by atoms with E-state index in [1.807, 2.05) is 0 Å². The highest BCUT2D eigenvalue weighted by atomic mass is 35.5. The van der Waals surface area contributed by atoms with E-state index >= 15 is 0 Å². The summed E-state index contributed by atoms with van der Waals surface area (Å²) < 4.78 is 18.3. The molecule has 0 saturated carbocycles. The number of aliphatic hydroxyl groups is 1. The second-order valence-electron chi connectivity index (χ2n) is 3.32. The van der Waals surface area contributed by atoms with Crippen molar-refractivity contribution >= 4 is 12.4 Å². The Morgan fingerprint density at radius 2 is 2.13 bits per heavy atom. The van der Waals surface area contributed by atoms with Gasteiger partial charge in [0.05, 0.1) is 7.11 Å². The fourth-order valence-electron chi connectivity index (χ4n) is 1.17. The molecule has 3 nitrogen and oxygen atoms in total. The van der Waals surface area contributed by atoms with Crippen LogP contribution < -0.4 is 10.5 Å². The molecule has 1 atom stereocenters. The SMILES string of the molecule is COc1ccc(C(C)(O)CN)c(F)c1.Cl. The van der Waals surface area contributed by atoms with Gasteiger partial charge in [0, 0.05) is 18.2 Å². The van der Waals surface area contributed by atoms with Crippen LogP contribution in [-0.4, -0.2) is 18.8 Å². The third-order valence-electron chi connectivity index (χ3n) is 2.15. The van der Waals surface area contributed by atoms with Gasteiger partial charge in [-0.3, -0.25) is 0 Å². The lowest BCUT2D eigenvalue weighted by molar-refractivity contribution is 0.0628. The van der Waals surface area contributed by atoms with Gasteiger partial charge in [-0.2, -0.15) is 0 Å². The number of halogens is 2. The van der Waals surface area contributed by atoms with E-state index in [1.54, 1.807) is 6.07 Å². The molecule has 0 heterocycles. The van der Waals surface area contributed by atoms with Crippen LogP contribution in [0.15, 0.2) is 18.2 Å². The second-order valence-corrected chi connectivity index (χ2v) is 3.32. The third-order valence-corrected chi connectivity index (χ3v) is 2.15. The largest absolute Gasteiger partial charge is 0.497 e. The van der Waals surface area contributed by atoms with E-state index in [2.05, 4.69) is 0 Å². The molecule has 0 saturated heterocycles. The molecule has 5 heteroatoms. The Hall–Kier alpha value is -0.840. The van der Waals surface area contributed by atoms with E-state index in [9.17, 15) is 9.50 Å². The van der Waals surface area contributed by atoms with Gasteiger partial charge >= 0.3 is 0 Å². The molecule has 0 fully saturated rings. The molecule has 15 heavy (non-hydrogen) atoms. The molecule has 0 aliphatic carbocycles. The van der Waals surface area contributed by atoms with E-state index in [1.165, 1.54) is 26.2 Å². The fraction of sp³-hybridized carbons (Fsp3) is 0.400. The van der Waals surface area contributed by atoms with Gasteiger partial charge in [0.2, 0.25) is 0 Å². The van der Waals surface area contributed by atoms with Crippen molar-refractivity contribution in [3.63, 3.8) is 0 Å². The topological polar surface area (TPSA) is 55.5 Å². The number of hydrogen-bond acceptors (Lipinski definition) is 3. The van der Waals surface area contributed by atoms with E-state index < -0.39 is 11.4 Å². The van der Waals surface area contributed by atoms with Gasteiger partial charge in [-0.05, 0) is 19.1 Å². The maximum absolute atomic E-state index is 13.4. The van der Waals surface area contributed by atoms with Crippen LogP contribution in [0, 0.1) is 5.82 Å².